The first-order valence-electron chi connectivity index (χ1n) is 7.35. The lowest BCUT2D eigenvalue weighted by Gasteiger charge is -2.29. The van der Waals surface area contributed by atoms with Crippen LogP contribution in [0.15, 0.2) is 0 Å². The number of amides is 3. The van der Waals surface area contributed by atoms with Gasteiger partial charge in [-0.25, -0.2) is 4.79 Å². The number of hydrogen-bond donors (Lipinski definition) is 3. The molecule has 0 spiro atoms. The van der Waals surface area contributed by atoms with E-state index in [0.717, 1.165) is 0 Å². The number of nitrogens with two attached hydrogens (primary N) is 1. The molecule has 0 aromatic carbocycles. The topological polar surface area (TPSA) is 113 Å². The number of likely N-dealkylation sites (tertiary alicyclic amines) is 1. The average molecular weight is 299 g/mol. The van der Waals surface area contributed by atoms with Crippen molar-refractivity contribution in [2.45, 2.75) is 46.1 Å². The SMILES string of the molecule is CCC(C)C(NC(N)=O)C(=O)N1CCC(CC)(C(=O)O)C1. The van der Waals surface area contributed by atoms with E-state index in [1.165, 1.54) is 4.90 Å². The Kier molecular flexibility index (Phi) is 5.57. The Morgan fingerprint density at radius 2 is 2.00 bits per heavy atom. The molecular formula is C14H25N3O4. The molecule has 1 aliphatic heterocycles. The second-order valence-electron chi connectivity index (χ2n) is 5.82. The number of urea groups is 1. The lowest BCUT2D eigenvalue weighted by Crippen LogP contribution is -2.53. The smallest absolute Gasteiger partial charge is 0.312 e. The van der Waals surface area contributed by atoms with Gasteiger partial charge in [-0.3, -0.25) is 9.59 Å². The molecule has 21 heavy (non-hydrogen) atoms. The highest BCUT2D eigenvalue weighted by Crippen LogP contribution is 2.34. The Morgan fingerprint density at radius 1 is 1.38 bits per heavy atom. The van der Waals surface area contributed by atoms with Crippen LogP contribution in [0.3, 0.4) is 0 Å². The zero-order valence-electron chi connectivity index (χ0n) is 12.9. The largest absolute Gasteiger partial charge is 0.481 e. The van der Waals surface area contributed by atoms with Gasteiger partial charge in [0.1, 0.15) is 6.04 Å². The summed E-state index contributed by atoms with van der Waals surface area (Å²) in [5, 5.41) is 11.9. The summed E-state index contributed by atoms with van der Waals surface area (Å²) in [4.78, 5) is 36.6. The normalized spacial score (nSPS) is 24.4. The van der Waals surface area contributed by atoms with Crippen LogP contribution >= 0.6 is 0 Å². The number of carbonyl (C=O) groups excluding carboxylic acids is 2. The molecule has 3 atom stereocenters. The third kappa shape index (κ3) is 3.65. The van der Waals surface area contributed by atoms with E-state index in [4.69, 9.17) is 5.73 Å². The van der Waals surface area contributed by atoms with Gasteiger partial charge in [0, 0.05) is 13.1 Å². The fourth-order valence-corrected chi connectivity index (χ4v) is 2.71. The second-order valence-corrected chi connectivity index (χ2v) is 5.82. The van der Waals surface area contributed by atoms with E-state index in [0.29, 0.717) is 25.8 Å². The minimum Gasteiger partial charge on any atom is -0.481 e. The molecule has 4 N–H and O–H groups in total. The highest BCUT2D eigenvalue weighted by molar-refractivity contribution is 5.88. The highest BCUT2D eigenvalue weighted by atomic mass is 16.4. The molecule has 1 rings (SSSR count). The van der Waals surface area contributed by atoms with Crippen LogP contribution in [0.25, 0.3) is 0 Å². The van der Waals surface area contributed by atoms with E-state index >= 15 is 0 Å². The number of primary amides is 1. The molecular weight excluding hydrogens is 274 g/mol. The molecule has 0 saturated carbocycles. The predicted octanol–water partition coefficient (Wildman–Crippen LogP) is 0.783. The summed E-state index contributed by atoms with van der Waals surface area (Å²) in [6, 6.07) is -1.44. The van der Waals surface area contributed by atoms with Crippen molar-refractivity contribution >= 4 is 17.9 Å². The Morgan fingerprint density at radius 3 is 2.38 bits per heavy atom. The van der Waals surface area contributed by atoms with E-state index in [-0.39, 0.29) is 18.4 Å². The van der Waals surface area contributed by atoms with Crippen molar-refractivity contribution in [3.63, 3.8) is 0 Å². The highest BCUT2D eigenvalue weighted by Gasteiger charge is 2.46. The van der Waals surface area contributed by atoms with Gasteiger partial charge in [0.05, 0.1) is 5.41 Å². The molecule has 0 bridgehead atoms. The maximum absolute atomic E-state index is 12.6. The van der Waals surface area contributed by atoms with Gasteiger partial charge in [0.2, 0.25) is 5.91 Å². The number of carbonyl (C=O) groups is 3. The molecule has 1 saturated heterocycles. The van der Waals surface area contributed by atoms with Crippen LogP contribution in [0.4, 0.5) is 4.79 Å². The lowest BCUT2D eigenvalue weighted by molar-refractivity contribution is -0.148. The van der Waals surface area contributed by atoms with Crippen molar-refractivity contribution in [1.29, 1.82) is 0 Å². The molecule has 0 radical (unpaired) electrons. The third-order valence-electron chi connectivity index (χ3n) is 4.57. The summed E-state index contributed by atoms with van der Waals surface area (Å²) in [6.07, 6.45) is 1.63. The average Bonchev–Trinajstić information content (AvgIpc) is 2.88. The maximum Gasteiger partial charge on any atom is 0.312 e. The molecule has 3 unspecified atom stereocenters. The van der Waals surface area contributed by atoms with Gasteiger partial charge in [0.15, 0.2) is 0 Å². The quantitative estimate of drug-likeness (QED) is 0.672. The number of carboxylic acids is 1. The van der Waals surface area contributed by atoms with Crippen molar-refractivity contribution in [1.82, 2.24) is 10.2 Å². The number of nitrogens with one attached hydrogen (secondary N) is 1. The van der Waals surface area contributed by atoms with Gasteiger partial charge < -0.3 is 21.1 Å². The lowest BCUT2D eigenvalue weighted by atomic mass is 9.84. The Hall–Kier alpha value is -1.79. The van der Waals surface area contributed by atoms with Crippen molar-refractivity contribution in [3.05, 3.63) is 0 Å². The summed E-state index contributed by atoms with van der Waals surface area (Å²) in [6.45, 7) is 6.18. The Labute approximate surface area is 124 Å². The van der Waals surface area contributed by atoms with Gasteiger partial charge in [0.25, 0.3) is 0 Å². The van der Waals surface area contributed by atoms with Crippen molar-refractivity contribution in [2.24, 2.45) is 17.1 Å². The van der Waals surface area contributed by atoms with E-state index in [1.54, 1.807) is 0 Å². The van der Waals surface area contributed by atoms with Crippen LogP contribution in [-0.2, 0) is 9.59 Å². The van der Waals surface area contributed by atoms with Gasteiger partial charge >= 0.3 is 12.0 Å². The van der Waals surface area contributed by atoms with E-state index in [1.807, 2.05) is 20.8 Å². The molecule has 0 aromatic rings. The number of hydrogen-bond acceptors (Lipinski definition) is 3. The number of aliphatic carboxylic acids is 1. The first-order chi connectivity index (χ1) is 9.77. The fourth-order valence-electron chi connectivity index (χ4n) is 2.71. The van der Waals surface area contributed by atoms with Gasteiger partial charge in [-0.1, -0.05) is 27.2 Å². The summed E-state index contributed by atoms with van der Waals surface area (Å²) >= 11 is 0. The van der Waals surface area contributed by atoms with Gasteiger partial charge in [-0.05, 0) is 18.8 Å². The predicted molar refractivity (Wildman–Crippen MR) is 77.5 cm³/mol. The second kappa shape index (κ2) is 6.78. The molecule has 3 amide bonds. The van der Waals surface area contributed by atoms with Crippen LogP contribution in [0, 0.1) is 11.3 Å². The summed E-state index contributed by atoms with van der Waals surface area (Å²) in [7, 11) is 0. The number of rotatable bonds is 6. The van der Waals surface area contributed by atoms with Crippen LogP contribution < -0.4 is 11.1 Å². The van der Waals surface area contributed by atoms with E-state index in [9.17, 15) is 19.5 Å². The number of carboxylic acid groups (broad SMARTS) is 1. The van der Waals surface area contributed by atoms with E-state index < -0.39 is 23.5 Å². The van der Waals surface area contributed by atoms with Crippen LogP contribution in [0.2, 0.25) is 0 Å². The first-order valence-corrected chi connectivity index (χ1v) is 7.35. The van der Waals surface area contributed by atoms with Crippen LogP contribution in [-0.4, -0.2) is 47.0 Å². The van der Waals surface area contributed by atoms with E-state index in [2.05, 4.69) is 5.32 Å². The summed E-state index contributed by atoms with van der Waals surface area (Å²) in [5.41, 5.74) is 4.26. The molecule has 0 aromatic heterocycles. The monoisotopic (exact) mass is 299 g/mol. The van der Waals surface area contributed by atoms with Crippen LogP contribution in [0.1, 0.15) is 40.0 Å². The molecule has 1 fully saturated rings. The third-order valence-corrected chi connectivity index (χ3v) is 4.57. The maximum atomic E-state index is 12.6. The Balaban J connectivity index is 2.86. The number of nitrogens with zero attached hydrogens (tertiary/aromatic N) is 1. The standard InChI is InChI=1S/C14H25N3O4/c1-4-9(3)10(16-13(15)21)11(18)17-7-6-14(5-2,8-17)12(19)20/h9-10H,4-8H2,1-3H3,(H,19,20)(H3,15,16,21). The first kappa shape index (κ1) is 17.3. The summed E-state index contributed by atoms with van der Waals surface area (Å²) in [5.74, 6) is -1.19. The van der Waals surface area contributed by atoms with Gasteiger partial charge in [-0.15, -0.1) is 0 Å². The molecule has 1 aliphatic rings. The minimum atomic E-state index is -0.873. The molecule has 7 heteroatoms. The van der Waals surface area contributed by atoms with Crippen molar-refractivity contribution in [2.75, 3.05) is 13.1 Å². The Bertz CT molecular complexity index is 426. The fraction of sp³-hybridized carbons (Fsp3) is 0.786. The van der Waals surface area contributed by atoms with Crippen LogP contribution in [0.5, 0.6) is 0 Å². The molecule has 7 nitrogen and oxygen atoms in total. The zero-order chi connectivity index (χ0) is 16.2. The minimum absolute atomic E-state index is 0.0635. The molecule has 120 valence electrons. The molecule has 0 aliphatic carbocycles. The van der Waals surface area contributed by atoms with Crippen molar-refractivity contribution < 1.29 is 19.5 Å². The summed E-state index contributed by atoms with van der Waals surface area (Å²) < 4.78 is 0. The molecule has 1 heterocycles. The van der Waals surface area contributed by atoms with Crippen molar-refractivity contribution in [3.8, 4) is 0 Å². The zero-order valence-corrected chi connectivity index (χ0v) is 12.9. The van der Waals surface area contributed by atoms with Gasteiger partial charge in [-0.2, -0.15) is 0 Å².